The van der Waals surface area contributed by atoms with Gasteiger partial charge < -0.3 is 5.73 Å². The molecule has 1 aromatic carbocycles. The summed E-state index contributed by atoms with van der Waals surface area (Å²) in [7, 11) is -2.44. The number of likely N-dealkylation sites (N-methyl/N-ethyl adjacent to an activating group) is 1. The first-order valence-electron chi connectivity index (χ1n) is 4.94. The molecule has 0 saturated carbocycles. The summed E-state index contributed by atoms with van der Waals surface area (Å²) in [4.78, 5) is -0.248. The molecule has 18 heavy (non-hydrogen) atoms. The van der Waals surface area contributed by atoms with E-state index in [1.54, 1.807) is 6.92 Å². The number of nitrogens with two attached hydrogens (primary N) is 1. The first-order valence-corrected chi connectivity index (χ1v) is 6.75. The fourth-order valence-corrected chi connectivity index (χ4v) is 3.07. The minimum absolute atomic E-state index is 0. The molecule has 0 spiro atoms. The quantitative estimate of drug-likeness (QED) is 0.922. The van der Waals surface area contributed by atoms with Crippen LogP contribution in [0.5, 0.6) is 0 Å². The second-order valence-corrected chi connectivity index (χ2v) is 6.05. The average Bonchev–Trinajstić information content (AvgIpc) is 2.30. The van der Waals surface area contributed by atoms with E-state index in [2.05, 4.69) is 0 Å². The zero-order chi connectivity index (χ0) is 13.2. The fraction of sp³-hybridized carbons (Fsp3) is 0.400. The first kappa shape index (κ1) is 17.6. The van der Waals surface area contributed by atoms with Crippen molar-refractivity contribution < 1.29 is 12.8 Å². The van der Waals surface area contributed by atoms with Crippen LogP contribution in [0.25, 0.3) is 0 Å². The minimum Gasteiger partial charge on any atom is -0.329 e. The van der Waals surface area contributed by atoms with Crippen LogP contribution in [0.1, 0.15) is 6.92 Å². The Labute approximate surface area is 117 Å². The molecule has 1 aromatic rings. The van der Waals surface area contributed by atoms with Crippen LogP contribution in [0.15, 0.2) is 23.1 Å². The van der Waals surface area contributed by atoms with Gasteiger partial charge in [0.05, 0.1) is 5.02 Å². The molecule has 0 aromatic heterocycles. The number of rotatable bonds is 4. The summed E-state index contributed by atoms with van der Waals surface area (Å²) in [6.45, 7) is 1.83. The summed E-state index contributed by atoms with van der Waals surface area (Å²) in [5, 5.41) is -0.0116. The smallest absolute Gasteiger partial charge is 0.244 e. The van der Waals surface area contributed by atoms with E-state index < -0.39 is 15.8 Å². The Balaban J connectivity index is 0.00000289. The zero-order valence-electron chi connectivity index (χ0n) is 9.93. The topological polar surface area (TPSA) is 63.4 Å². The third-order valence-electron chi connectivity index (χ3n) is 2.51. The molecular formula is C10H15Cl2FN2O2S. The van der Waals surface area contributed by atoms with E-state index in [0.29, 0.717) is 0 Å². The molecule has 0 aliphatic carbocycles. The van der Waals surface area contributed by atoms with Crippen LogP contribution in [0, 0.1) is 5.82 Å². The highest BCUT2D eigenvalue weighted by Crippen LogP contribution is 2.25. The van der Waals surface area contributed by atoms with Crippen molar-refractivity contribution in [2.45, 2.75) is 17.9 Å². The van der Waals surface area contributed by atoms with Gasteiger partial charge in [-0.3, -0.25) is 0 Å². The predicted molar refractivity (Wildman–Crippen MR) is 72.1 cm³/mol. The Kier molecular flexibility index (Phi) is 6.53. The van der Waals surface area contributed by atoms with E-state index in [9.17, 15) is 12.8 Å². The lowest BCUT2D eigenvalue weighted by atomic mass is 10.3. The highest BCUT2D eigenvalue weighted by atomic mass is 35.5. The Morgan fingerprint density at radius 3 is 2.56 bits per heavy atom. The lowest BCUT2D eigenvalue weighted by Gasteiger charge is -2.23. The van der Waals surface area contributed by atoms with Gasteiger partial charge in [0.2, 0.25) is 10.0 Å². The molecular weight excluding hydrogens is 302 g/mol. The lowest BCUT2D eigenvalue weighted by molar-refractivity contribution is 0.394. The van der Waals surface area contributed by atoms with Crippen LogP contribution in [-0.4, -0.2) is 32.4 Å². The highest BCUT2D eigenvalue weighted by molar-refractivity contribution is 7.89. The van der Waals surface area contributed by atoms with E-state index >= 15 is 0 Å². The number of sulfonamides is 1. The highest BCUT2D eigenvalue weighted by Gasteiger charge is 2.27. The van der Waals surface area contributed by atoms with Crippen molar-refractivity contribution in [1.29, 1.82) is 0 Å². The third-order valence-corrected chi connectivity index (χ3v) is 4.97. The van der Waals surface area contributed by atoms with Gasteiger partial charge in [0.1, 0.15) is 10.7 Å². The molecule has 8 heteroatoms. The molecule has 0 amide bonds. The van der Waals surface area contributed by atoms with E-state index in [4.69, 9.17) is 17.3 Å². The largest absolute Gasteiger partial charge is 0.329 e. The van der Waals surface area contributed by atoms with Gasteiger partial charge in [0, 0.05) is 19.6 Å². The molecule has 0 saturated heterocycles. The molecule has 0 aliphatic heterocycles. The van der Waals surface area contributed by atoms with Crippen molar-refractivity contribution in [2.75, 3.05) is 13.6 Å². The van der Waals surface area contributed by atoms with Gasteiger partial charge in [0.15, 0.2) is 0 Å². The van der Waals surface area contributed by atoms with E-state index in [1.165, 1.54) is 13.1 Å². The summed E-state index contributed by atoms with van der Waals surface area (Å²) in [6, 6.07) is 2.83. The molecule has 2 N–H and O–H groups in total. The number of benzene rings is 1. The average molecular weight is 317 g/mol. The van der Waals surface area contributed by atoms with Crippen LogP contribution >= 0.6 is 24.0 Å². The molecule has 0 heterocycles. The predicted octanol–water partition coefficient (Wildman–Crippen LogP) is 1.87. The molecule has 104 valence electrons. The molecule has 0 radical (unpaired) electrons. The van der Waals surface area contributed by atoms with Gasteiger partial charge in [0.25, 0.3) is 0 Å². The van der Waals surface area contributed by atoms with Crippen molar-refractivity contribution in [3.63, 3.8) is 0 Å². The standard InChI is InChI=1S/C10H14ClFN2O2S.ClH/c1-7(6-13)14(2)17(15,16)10-5-8(12)3-4-9(10)11;/h3-5,7H,6,13H2,1-2H3;1H. The summed E-state index contributed by atoms with van der Waals surface area (Å²) >= 11 is 5.77. The molecule has 1 rings (SSSR count). The number of hydrogen-bond acceptors (Lipinski definition) is 3. The monoisotopic (exact) mass is 316 g/mol. The maximum atomic E-state index is 13.1. The summed E-state index contributed by atoms with van der Waals surface area (Å²) in [5.41, 5.74) is 5.40. The summed E-state index contributed by atoms with van der Waals surface area (Å²) < 4.78 is 38.4. The Morgan fingerprint density at radius 2 is 2.06 bits per heavy atom. The van der Waals surface area contributed by atoms with Gasteiger partial charge in [-0.2, -0.15) is 4.31 Å². The first-order chi connectivity index (χ1) is 7.80. The zero-order valence-corrected chi connectivity index (χ0v) is 12.3. The third kappa shape index (κ3) is 3.55. The van der Waals surface area contributed by atoms with Crippen molar-refractivity contribution in [3.8, 4) is 0 Å². The van der Waals surface area contributed by atoms with Crippen molar-refractivity contribution in [3.05, 3.63) is 29.0 Å². The van der Waals surface area contributed by atoms with Gasteiger partial charge in [-0.25, -0.2) is 12.8 Å². The van der Waals surface area contributed by atoms with Crippen molar-refractivity contribution >= 4 is 34.0 Å². The van der Waals surface area contributed by atoms with Gasteiger partial charge in [-0.15, -0.1) is 12.4 Å². The maximum absolute atomic E-state index is 13.1. The molecule has 0 aliphatic rings. The van der Waals surface area contributed by atoms with Gasteiger partial charge >= 0.3 is 0 Å². The Bertz CT molecular complexity index is 511. The molecule has 0 bridgehead atoms. The van der Waals surface area contributed by atoms with Crippen molar-refractivity contribution in [2.24, 2.45) is 5.73 Å². The van der Waals surface area contributed by atoms with Crippen molar-refractivity contribution in [1.82, 2.24) is 4.31 Å². The van der Waals surface area contributed by atoms with Crippen LogP contribution in [0.3, 0.4) is 0 Å². The molecule has 1 atom stereocenters. The second-order valence-electron chi connectivity index (χ2n) is 3.68. The van der Waals surface area contributed by atoms with Gasteiger partial charge in [-0.1, -0.05) is 11.6 Å². The van der Waals surface area contributed by atoms with E-state index in [-0.39, 0.29) is 34.9 Å². The van der Waals surface area contributed by atoms with Gasteiger partial charge in [-0.05, 0) is 25.1 Å². The Hall–Kier alpha value is -0.400. The van der Waals surface area contributed by atoms with Crippen LogP contribution < -0.4 is 5.73 Å². The lowest BCUT2D eigenvalue weighted by Crippen LogP contribution is -2.39. The number of halogens is 3. The molecule has 0 fully saturated rings. The van der Waals surface area contributed by atoms with E-state index in [1.807, 2.05) is 0 Å². The normalized spacial score (nSPS) is 13.2. The van der Waals surface area contributed by atoms with E-state index in [0.717, 1.165) is 16.4 Å². The second kappa shape index (κ2) is 6.68. The van der Waals surface area contributed by atoms with Crippen LogP contribution in [0.4, 0.5) is 4.39 Å². The molecule has 4 nitrogen and oxygen atoms in total. The SMILES string of the molecule is CC(CN)N(C)S(=O)(=O)c1cc(F)ccc1Cl.Cl. The summed E-state index contributed by atoms with van der Waals surface area (Å²) in [6.07, 6.45) is 0. The Morgan fingerprint density at radius 1 is 1.50 bits per heavy atom. The minimum atomic E-state index is -3.82. The number of nitrogens with zero attached hydrogens (tertiary/aromatic N) is 1. The maximum Gasteiger partial charge on any atom is 0.244 e. The molecule has 1 unspecified atom stereocenters. The van der Waals surface area contributed by atoms with Crippen LogP contribution in [-0.2, 0) is 10.0 Å². The number of hydrogen-bond donors (Lipinski definition) is 1. The van der Waals surface area contributed by atoms with Crippen LogP contribution in [0.2, 0.25) is 5.02 Å². The fourth-order valence-electron chi connectivity index (χ4n) is 1.22. The summed E-state index contributed by atoms with van der Waals surface area (Å²) in [5.74, 6) is -0.651.